The number of nitrogens with one attached hydrogen (secondary N) is 2. The van der Waals surface area contributed by atoms with Crippen molar-refractivity contribution in [3.05, 3.63) is 92.9 Å². The largest absolute Gasteiger partial charge is 0.443 e. The van der Waals surface area contributed by atoms with E-state index in [1.54, 1.807) is 50.2 Å². The number of halogens is 5. The first-order valence-corrected chi connectivity index (χ1v) is 16.1. The van der Waals surface area contributed by atoms with Crippen LogP contribution >= 0.6 is 0 Å². The van der Waals surface area contributed by atoms with Gasteiger partial charge in [-0.25, -0.2) is 28.7 Å². The van der Waals surface area contributed by atoms with E-state index in [9.17, 15) is 31.5 Å². The third-order valence-electron chi connectivity index (χ3n) is 10.2. The smallest absolute Gasteiger partial charge is 0.391 e. The summed E-state index contributed by atoms with van der Waals surface area (Å²) in [5.41, 5.74) is 4.85. The van der Waals surface area contributed by atoms with Gasteiger partial charge in [0.15, 0.2) is 24.0 Å². The van der Waals surface area contributed by atoms with Crippen LogP contribution in [0.15, 0.2) is 67.6 Å². The molecule has 3 aliphatic rings. The van der Waals surface area contributed by atoms with Crippen LogP contribution in [0.3, 0.4) is 0 Å². The van der Waals surface area contributed by atoms with E-state index in [0.717, 1.165) is 0 Å². The SMILES string of the molecule is Cc1nc(C2CC(C(F)(F)F)C2)c(-c2ccc3ocnc3c2)c(=O)[nH]1.Cc1nc(C2CC3C(C2)C3(F)F)c(-c2ccc3ocnc3c2)c(=O)[nH]1. The van der Waals surface area contributed by atoms with Crippen molar-refractivity contribution in [1.29, 1.82) is 0 Å². The first kappa shape index (κ1) is 32.0. The zero-order valence-corrected chi connectivity index (χ0v) is 26.6. The maximum absolute atomic E-state index is 13.5. The number of fused-ring (bicyclic) bond motifs is 3. The van der Waals surface area contributed by atoms with Crippen molar-refractivity contribution in [3.63, 3.8) is 0 Å². The quantitative estimate of drug-likeness (QED) is 0.180. The van der Waals surface area contributed by atoms with E-state index in [1.807, 2.05) is 0 Å². The highest BCUT2D eigenvalue weighted by molar-refractivity contribution is 5.81. The van der Waals surface area contributed by atoms with Crippen LogP contribution in [0.25, 0.3) is 44.5 Å². The zero-order valence-electron chi connectivity index (χ0n) is 26.6. The molecule has 2 N–H and O–H groups in total. The molecule has 3 aliphatic carbocycles. The van der Waals surface area contributed by atoms with Crippen LogP contribution in [0.1, 0.15) is 60.6 Å². The first-order chi connectivity index (χ1) is 23.8. The number of hydrogen-bond acceptors (Lipinski definition) is 8. The number of hydrogen-bond donors (Lipinski definition) is 2. The fourth-order valence-electron chi connectivity index (χ4n) is 7.54. The van der Waals surface area contributed by atoms with Crippen molar-refractivity contribution in [2.24, 2.45) is 17.8 Å². The molecule has 10 nitrogen and oxygen atoms in total. The molecule has 0 amide bonds. The number of nitrogens with zero attached hydrogens (tertiary/aromatic N) is 4. The molecule has 258 valence electrons. The molecule has 4 aromatic heterocycles. The number of oxazole rings is 2. The maximum atomic E-state index is 13.5. The highest BCUT2D eigenvalue weighted by Crippen LogP contribution is 2.67. The molecule has 4 heterocycles. The van der Waals surface area contributed by atoms with Gasteiger partial charge in [0, 0.05) is 23.7 Å². The highest BCUT2D eigenvalue weighted by Gasteiger charge is 2.71. The van der Waals surface area contributed by atoms with E-state index in [2.05, 4.69) is 29.9 Å². The van der Waals surface area contributed by atoms with Gasteiger partial charge < -0.3 is 18.8 Å². The Morgan fingerprint density at radius 3 is 1.60 bits per heavy atom. The first-order valence-electron chi connectivity index (χ1n) is 16.1. The van der Waals surface area contributed by atoms with Crippen molar-refractivity contribution in [1.82, 2.24) is 29.9 Å². The minimum atomic E-state index is -4.20. The normalized spacial score (nSPS) is 23.7. The van der Waals surface area contributed by atoms with Gasteiger partial charge in [-0.05, 0) is 74.9 Å². The molecule has 3 saturated carbocycles. The van der Waals surface area contributed by atoms with Crippen LogP contribution in [0.5, 0.6) is 0 Å². The number of aromatic amines is 2. The molecule has 2 unspecified atom stereocenters. The predicted octanol–water partition coefficient (Wildman–Crippen LogP) is 7.59. The summed E-state index contributed by atoms with van der Waals surface area (Å²) in [5, 5.41) is 0. The number of aromatic nitrogens is 6. The van der Waals surface area contributed by atoms with E-state index in [1.165, 1.54) is 12.8 Å². The van der Waals surface area contributed by atoms with Crippen molar-refractivity contribution in [3.8, 4) is 22.3 Å². The molecule has 6 aromatic rings. The van der Waals surface area contributed by atoms with E-state index in [4.69, 9.17) is 8.83 Å². The summed E-state index contributed by atoms with van der Waals surface area (Å²) < 4.78 is 75.9. The van der Waals surface area contributed by atoms with Gasteiger partial charge in [-0.3, -0.25) is 9.59 Å². The number of benzene rings is 2. The number of rotatable bonds is 4. The fraction of sp³-hybridized carbons (Fsp3) is 0.371. The van der Waals surface area contributed by atoms with E-state index in [0.29, 0.717) is 80.3 Å². The second-order valence-corrected chi connectivity index (χ2v) is 13.4. The van der Waals surface area contributed by atoms with Gasteiger partial charge >= 0.3 is 6.18 Å². The Labute approximate surface area is 279 Å². The number of H-pyrrole nitrogens is 2. The molecule has 9 rings (SSSR count). The van der Waals surface area contributed by atoms with Crippen LogP contribution in [-0.4, -0.2) is 42.0 Å². The van der Waals surface area contributed by atoms with Crippen molar-refractivity contribution < 1.29 is 30.8 Å². The monoisotopic (exact) mass is 692 g/mol. The summed E-state index contributed by atoms with van der Waals surface area (Å²) in [6.07, 6.45) is -0.879. The molecule has 50 heavy (non-hydrogen) atoms. The van der Waals surface area contributed by atoms with Crippen molar-refractivity contribution in [2.45, 2.75) is 63.5 Å². The molecule has 3 fully saturated rings. The standard InChI is InChI=1S/C18H15F2N3O2.C17H14F3N3O2/c1-8-22-16(10-4-11-12(5-10)18(11,19)20)15(17(24)23-8)9-2-3-14-13(6-9)21-7-25-14;1-8-22-15(10-4-11(5-10)17(18,19)20)14(16(24)23-8)9-2-3-13-12(6-9)21-7-25-13/h2-3,6-7,10-12H,4-5H2,1H3,(H,22,23,24);2-3,6-7,10-11H,4-5H2,1H3,(H,22,23,24). The Morgan fingerprint density at radius 1 is 0.720 bits per heavy atom. The Hall–Kier alpha value is -5.21. The fourth-order valence-corrected chi connectivity index (χ4v) is 7.54. The van der Waals surface area contributed by atoms with E-state index < -0.39 is 29.9 Å². The van der Waals surface area contributed by atoms with E-state index in [-0.39, 0.29) is 35.8 Å². The summed E-state index contributed by atoms with van der Waals surface area (Å²) in [6.45, 7) is 3.33. The Kier molecular flexibility index (Phi) is 7.31. The molecular weight excluding hydrogens is 663 g/mol. The molecule has 0 bridgehead atoms. The van der Waals surface area contributed by atoms with Gasteiger partial charge in [0.1, 0.15) is 22.7 Å². The molecule has 0 spiro atoms. The summed E-state index contributed by atoms with van der Waals surface area (Å²) in [4.78, 5) is 47.5. The molecule has 0 saturated heterocycles. The van der Waals surface area contributed by atoms with E-state index >= 15 is 0 Å². The van der Waals surface area contributed by atoms with Crippen LogP contribution in [0, 0.1) is 31.6 Å². The number of aryl methyl sites for hydroxylation is 2. The van der Waals surface area contributed by atoms with Gasteiger partial charge in [0.2, 0.25) is 0 Å². The predicted molar refractivity (Wildman–Crippen MR) is 171 cm³/mol. The van der Waals surface area contributed by atoms with Crippen LogP contribution in [0.2, 0.25) is 0 Å². The highest BCUT2D eigenvalue weighted by atomic mass is 19.4. The average molecular weight is 693 g/mol. The molecule has 0 aliphatic heterocycles. The Morgan fingerprint density at radius 2 is 1.16 bits per heavy atom. The molecule has 15 heteroatoms. The van der Waals surface area contributed by atoms with Crippen molar-refractivity contribution >= 4 is 22.2 Å². The van der Waals surface area contributed by atoms with Crippen LogP contribution in [0.4, 0.5) is 22.0 Å². The van der Waals surface area contributed by atoms with Gasteiger partial charge in [0.05, 0.1) is 28.4 Å². The number of alkyl halides is 5. The molecule has 2 aromatic carbocycles. The summed E-state index contributed by atoms with van der Waals surface area (Å²) in [6, 6.07) is 10.4. The van der Waals surface area contributed by atoms with Gasteiger partial charge in [0.25, 0.3) is 17.0 Å². The molecular formula is C35H29F5N6O4. The summed E-state index contributed by atoms with van der Waals surface area (Å²) in [7, 11) is 0. The average Bonchev–Trinajstić information content (AvgIpc) is 3.62. The second-order valence-electron chi connectivity index (χ2n) is 13.4. The Bertz CT molecular complexity index is 2370. The van der Waals surface area contributed by atoms with Gasteiger partial charge in [-0.1, -0.05) is 12.1 Å². The lowest BCUT2D eigenvalue weighted by atomic mass is 9.71. The zero-order chi connectivity index (χ0) is 35.1. The lowest BCUT2D eigenvalue weighted by Crippen LogP contribution is -2.36. The lowest BCUT2D eigenvalue weighted by Gasteiger charge is -2.36. The molecule has 0 radical (unpaired) electrons. The Balaban J connectivity index is 0.000000144. The third-order valence-corrected chi connectivity index (χ3v) is 10.2. The van der Waals surface area contributed by atoms with Gasteiger partial charge in [-0.2, -0.15) is 13.2 Å². The lowest BCUT2D eigenvalue weighted by molar-refractivity contribution is -0.197. The van der Waals surface area contributed by atoms with Crippen molar-refractivity contribution in [2.75, 3.05) is 0 Å². The topological polar surface area (TPSA) is 144 Å². The summed E-state index contributed by atoms with van der Waals surface area (Å²) in [5.74, 6) is -4.60. The second kappa shape index (κ2) is 11.4. The maximum Gasteiger partial charge on any atom is 0.391 e. The van der Waals surface area contributed by atoms with Crippen LogP contribution in [-0.2, 0) is 0 Å². The third kappa shape index (κ3) is 5.48. The van der Waals surface area contributed by atoms with Gasteiger partial charge in [-0.15, -0.1) is 0 Å². The molecule has 2 atom stereocenters. The minimum absolute atomic E-state index is 0.0431. The summed E-state index contributed by atoms with van der Waals surface area (Å²) >= 11 is 0. The minimum Gasteiger partial charge on any atom is -0.443 e. The van der Waals surface area contributed by atoms with Crippen LogP contribution < -0.4 is 11.1 Å².